The predicted molar refractivity (Wildman–Crippen MR) is 64.5 cm³/mol. The maximum atomic E-state index is 11.5. The molecule has 0 amide bonds. The van der Waals surface area contributed by atoms with E-state index in [4.69, 9.17) is 5.11 Å². The lowest BCUT2D eigenvalue weighted by Crippen LogP contribution is -2.42. The monoisotopic (exact) mass is 281 g/mol. The Morgan fingerprint density at radius 3 is 2.44 bits per heavy atom. The number of hydrogen-bond donors (Lipinski definition) is 2. The van der Waals surface area contributed by atoms with Crippen LogP contribution in [0.15, 0.2) is 0 Å². The molecule has 0 aliphatic carbocycles. The number of esters is 1. The molecule has 0 rings (SSSR count). The van der Waals surface area contributed by atoms with Crippen LogP contribution in [0.25, 0.3) is 0 Å². The lowest BCUT2D eigenvalue weighted by molar-refractivity contribution is -0.142. The third-order valence-corrected chi connectivity index (χ3v) is 3.72. The highest BCUT2D eigenvalue weighted by molar-refractivity contribution is 7.89. The first-order valence-electron chi connectivity index (χ1n) is 5.62. The van der Waals surface area contributed by atoms with Gasteiger partial charge in [-0.2, -0.15) is 0 Å². The van der Waals surface area contributed by atoms with Crippen molar-refractivity contribution in [3.63, 3.8) is 0 Å². The number of methoxy groups -OCH3 is 1. The van der Waals surface area contributed by atoms with Crippen LogP contribution in [0.4, 0.5) is 0 Å². The lowest BCUT2D eigenvalue weighted by atomic mass is 10.2. The number of aliphatic carboxylic acids is 1. The molecule has 2 N–H and O–H groups in total. The van der Waals surface area contributed by atoms with Gasteiger partial charge in [0.15, 0.2) is 0 Å². The van der Waals surface area contributed by atoms with Gasteiger partial charge >= 0.3 is 11.9 Å². The summed E-state index contributed by atoms with van der Waals surface area (Å²) >= 11 is 0. The quantitative estimate of drug-likeness (QED) is 0.581. The van der Waals surface area contributed by atoms with Gasteiger partial charge in [-0.05, 0) is 12.8 Å². The summed E-state index contributed by atoms with van der Waals surface area (Å²) in [5.41, 5.74) is 0. The summed E-state index contributed by atoms with van der Waals surface area (Å²) in [5, 5.41) is 8.87. The minimum atomic E-state index is -3.63. The van der Waals surface area contributed by atoms with Crippen molar-refractivity contribution in [3.8, 4) is 0 Å². The molecular weight excluding hydrogens is 262 g/mol. The van der Waals surface area contributed by atoms with Gasteiger partial charge in [-0.1, -0.05) is 13.3 Å². The Morgan fingerprint density at radius 2 is 2.00 bits per heavy atom. The van der Waals surface area contributed by atoms with Gasteiger partial charge in [0.2, 0.25) is 10.0 Å². The van der Waals surface area contributed by atoms with Gasteiger partial charge in [0.1, 0.15) is 6.04 Å². The van der Waals surface area contributed by atoms with E-state index in [1.807, 2.05) is 6.92 Å². The maximum Gasteiger partial charge on any atom is 0.321 e. The summed E-state index contributed by atoms with van der Waals surface area (Å²) in [6.45, 7) is 1.83. The van der Waals surface area contributed by atoms with Crippen molar-refractivity contribution in [2.24, 2.45) is 0 Å². The van der Waals surface area contributed by atoms with Crippen molar-refractivity contribution in [2.75, 3.05) is 12.9 Å². The Labute approximate surface area is 107 Å². The summed E-state index contributed by atoms with van der Waals surface area (Å²) in [4.78, 5) is 21.8. The fourth-order valence-electron chi connectivity index (χ4n) is 1.21. The number of nitrogens with one attached hydrogen (secondary N) is 1. The Morgan fingerprint density at radius 1 is 1.39 bits per heavy atom. The van der Waals surface area contributed by atoms with Crippen LogP contribution in [0, 0.1) is 0 Å². The van der Waals surface area contributed by atoms with E-state index >= 15 is 0 Å². The molecule has 0 fully saturated rings. The van der Waals surface area contributed by atoms with Crippen molar-refractivity contribution in [1.29, 1.82) is 0 Å². The Kier molecular flexibility index (Phi) is 7.53. The van der Waals surface area contributed by atoms with Crippen LogP contribution in [0.2, 0.25) is 0 Å². The maximum absolute atomic E-state index is 11.5. The molecule has 1 atom stereocenters. The van der Waals surface area contributed by atoms with E-state index in [9.17, 15) is 18.0 Å². The van der Waals surface area contributed by atoms with E-state index in [1.54, 1.807) is 0 Å². The summed E-state index contributed by atoms with van der Waals surface area (Å²) in [5.74, 6) is -2.00. The third-order valence-electron chi connectivity index (χ3n) is 2.25. The second-order valence-corrected chi connectivity index (χ2v) is 5.67. The molecule has 0 aliphatic heterocycles. The molecule has 0 saturated heterocycles. The summed E-state index contributed by atoms with van der Waals surface area (Å²) < 4.78 is 29.5. The van der Waals surface area contributed by atoms with Gasteiger partial charge in [-0.25, -0.2) is 13.1 Å². The van der Waals surface area contributed by atoms with E-state index in [0.717, 1.165) is 0 Å². The van der Waals surface area contributed by atoms with Gasteiger partial charge in [0.25, 0.3) is 0 Å². The van der Waals surface area contributed by atoms with Gasteiger partial charge < -0.3 is 9.84 Å². The van der Waals surface area contributed by atoms with E-state index in [0.29, 0.717) is 12.8 Å². The molecule has 0 radical (unpaired) electrons. The summed E-state index contributed by atoms with van der Waals surface area (Å²) in [6.07, 6.45) is 0.872. The molecule has 0 bridgehead atoms. The molecule has 0 saturated carbocycles. The number of carboxylic acids is 1. The van der Waals surface area contributed by atoms with Crippen LogP contribution in [0.1, 0.15) is 32.6 Å². The van der Waals surface area contributed by atoms with Crippen molar-refractivity contribution in [2.45, 2.75) is 38.6 Å². The smallest absolute Gasteiger partial charge is 0.321 e. The Balaban J connectivity index is 4.44. The van der Waals surface area contributed by atoms with Gasteiger partial charge in [0, 0.05) is 6.42 Å². The highest BCUT2D eigenvalue weighted by Crippen LogP contribution is 2.03. The fourth-order valence-corrected chi connectivity index (χ4v) is 2.65. The number of rotatable bonds is 9. The van der Waals surface area contributed by atoms with Crippen molar-refractivity contribution < 1.29 is 27.9 Å². The van der Waals surface area contributed by atoms with Gasteiger partial charge in [-0.3, -0.25) is 9.59 Å². The number of unbranched alkanes of at least 4 members (excludes halogenated alkanes) is 1. The Bertz CT molecular complexity index is 378. The highest BCUT2D eigenvalue weighted by atomic mass is 32.2. The zero-order chi connectivity index (χ0) is 14.2. The van der Waals surface area contributed by atoms with Crippen LogP contribution in [-0.4, -0.2) is 44.4 Å². The third kappa shape index (κ3) is 7.23. The second kappa shape index (κ2) is 8.04. The molecule has 0 unspecified atom stereocenters. The molecule has 8 heteroatoms. The minimum Gasteiger partial charge on any atom is -0.480 e. The molecular formula is C10H19NO6S. The first-order valence-corrected chi connectivity index (χ1v) is 7.27. The second-order valence-electron chi connectivity index (χ2n) is 3.80. The number of sulfonamides is 1. The predicted octanol–water partition coefficient (Wildman–Crippen LogP) is 0.112. The average Bonchev–Trinajstić information content (AvgIpc) is 2.31. The molecule has 0 aliphatic rings. The molecule has 0 heterocycles. The molecule has 0 aromatic rings. The zero-order valence-corrected chi connectivity index (χ0v) is 11.3. The minimum absolute atomic E-state index is 0.120. The van der Waals surface area contributed by atoms with Crippen molar-refractivity contribution in [1.82, 2.24) is 4.72 Å². The average molecular weight is 281 g/mol. The normalized spacial score (nSPS) is 13.0. The molecule has 106 valence electrons. The standard InChI is InChI=1S/C10H19NO6S/c1-3-4-7-18(15,16)11-8(10(13)14)5-6-9(12)17-2/h8,11H,3-7H2,1-2H3,(H,13,14)/t8-/m1/s1. The van der Waals surface area contributed by atoms with Crippen LogP contribution in [0.3, 0.4) is 0 Å². The first-order chi connectivity index (χ1) is 8.32. The summed E-state index contributed by atoms with van der Waals surface area (Å²) in [6, 6.07) is -1.30. The summed E-state index contributed by atoms with van der Waals surface area (Å²) in [7, 11) is -2.44. The van der Waals surface area contributed by atoms with Crippen LogP contribution in [0.5, 0.6) is 0 Å². The van der Waals surface area contributed by atoms with E-state index in [1.165, 1.54) is 7.11 Å². The number of ether oxygens (including phenoxy) is 1. The zero-order valence-electron chi connectivity index (χ0n) is 10.5. The number of carbonyl (C=O) groups excluding carboxylic acids is 1. The molecule has 7 nitrogen and oxygen atoms in total. The van der Waals surface area contributed by atoms with Gasteiger partial charge in [-0.15, -0.1) is 0 Å². The van der Waals surface area contributed by atoms with E-state index in [2.05, 4.69) is 9.46 Å². The van der Waals surface area contributed by atoms with Crippen LogP contribution < -0.4 is 4.72 Å². The van der Waals surface area contributed by atoms with Gasteiger partial charge in [0.05, 0.1) is 12.9 Å². The van der Waals surface area contributed by atoms with E-state index in [-0.39, 0.29) is 18.6 Å². The molecule has 0 aromatic heterocycles. The lowest BCUT2D eigenvalue weighted by Gasteiger charge is -2.13. The first kappa shape index (κ1) is 16.9. The Hall–Kier alpha value is -1.15. The fraction of sp³-hybridized carbons (Fsp3) is 0.800. The van der Waals surface area contributed by atoms with Crippen LogP contribution >= 0.6 is 0 Å². The van der Waals surface area contributed by atoms with Crippen molar-refractivity contribution >= 4 is 22.0 Å². The van der Waals surface area contributed by atoms with Crippen molar-refractivity contribution in [3.05, 3.63) is 0 Å². The molecule has 0 aromatic carbocycles. The number of hydrogen-bond acceptors (Lipinski definition) is 5. The number of carbonyl (C=O) groups is 2. The highest BCUT2D eigenvalue weighted by Gasteiger charge is 2.24. The largest absolute Gasteiger partial charge is 0.480 e. The molecule has 18 heavy (non-hydrogen) atoms. The van der Waals surface area contributed by atoms with E-state index < -0.39 is 28.0 Å². The van der Waals surface area contributed by atoms with Crippen LogP contribution in [-0.2, 0) is 24.3 Å². The number of carboxylic acid groups (broad SMARTS) is 1. The molecule has 0 spiro atoms. The topological polar surface area (TPSA) is 110 Å². The SMILES string of the molecule is CCCCS(=O)(=O)N[C@H](CCC(=O)OC)C(=O)O.